The van der Waals surface area contributed by atoms with Crippen LogP contribution in [0, 0.1) is 0 Å². The van der Waals surface area contributed by atoms with E-state index in [1.807, 2.05) is 0 Å². The molecule has 1 aromatic heterocycles. The number of tetrazole rings is 1. The van der Waals surface area contributed by atoms with Crippen molar-refractivity contribution >= 4 is 33.4 Å². The van der Waals surface area contributed by atoms with Crippen molar-refractivity contribution in [3.8, 4) is 0 Å². The molecule has 0 saturated heterocycles. The standard InChI is InChI=1S/C10H9BrClN5O/c1-5(9-14-16-17-15-9)13-10(18)6-3-2-4-7(11)8(6)12/h2-5H,1H3,(H,13,18)(H,14,15,16,17). The van der Waals surface area contributed by atoms with Gasteiger partial charge in [0.05, 0.1) is 16.6 Å². The van der Waals surface area contributed by atoms with Gasteiger partial charge in [0.15, 0.2) is 5.82 Å². The van der Waals surface area contributed by atoms with Gasteiger partial charge in [0, 0.05) is 4.47 Å². The first-order valence-electron chi connectivity index (χ1n) is 5.08. The topological polar surface area (TPSA) is 83.6 Å². The van der Waals surface area contributed by atoms with E-state index in [-0.39, 0.29) is 11.9 Å². The number of carbonyl (C=O) groups is 1. The Morgan fingerprint density at radius 1 is 1.56 bits per heavy atom. The Morgan fingerprint density at radius 2 is 2.33 bits per heavy atom. The molecule has 0 aliphatic heterocycles. The molecule has 0 spiro atoms. The van der Waals surface area contributed by atoms with Crippen LogP contribution in [0.2, 0.25) is 5.02 Å². The molecular weight excluding hydrogens is 322 g/mol. The van der Waals surface area contributed by atoms with Crippen molar-refractivity contribution in [2.75, 3.05) is 0 Å². The van der Waals surface area contributed by atoms with Gasteiger partial charge in [-0.3, -0.25) is 4.79 Å². The van der Waals surface area contributed by atoms with E-state index in [9.17, 15) is 4.79 Å². The number of benzene rings is 1. The number of H-pyrrole nitrogens is 1. The molecule has 0 fully saturated rings. The zero-order valence-corrected chi connectivity index (χ0v) is 11.7. The molecule has 2 rings (SSSR count). The maximum atomic E-state index is 12.0. The molecule has 1 heterocycles. The number of hydrogen-bond donors (Lipinski definition) is 2. The van der Waals surface area contributed by atoms with E-state index >= 15 is 0 Å². The summed E-state index contributed by atoms with van der Waals surface area (Å²) in [4.78, 5) is 12.0. The minimum atomic E-state index is -0.355. The lowest BCUT2D eigenvalue weighted by atomic mass is 10.2. The van der Waals surface area contributed by atoms with Crippen LogP contribution >= 0.6 is 27.5 Å². The Morgan fingerprint density at radius 3 is 3.00 bits per heavy atom. The number of nitrogens with one attached hydrogen (secondary N) is 2. The summed E-state index contributed by atoms with van der Waals surface area (Å²) in [6.45, 7) is 1.76. The van der Waals surface area contributed by atoms with Crippen molar-refractivity contribution in [2.45, 2.75) is 13.0 Å². The molecule has 0 aliphatic rings. The van der Waals surface area contributed by atoms with Gasteiger partial charge in [0.2, 0.25) is 0 Å². The van der Waals surface area contributed by atoms with Gasteiger partial charge in [-0.05, 0) is 35.0 Å². The van der Waals surface area contributed by atoms with Crippen LogP contribution in [0.15, 0.2) is 22.7 Å². The Bertz CT molecular complexity index is 559. The molecule has 2 N–H and O–H groups in total. The van der Waals surface area contributed by atoms with Gasteiger partial charge >= 0.3 is 0 Å². The SMILES string of the molecule is CC(NC(=O)c1cccc(Br)c1Cl)c1nn[nH]n1. The van der Waals surface area contributed by atoms with Crippen LogP contribution in [0.25, 0.3) is 0 Å². The van der Waals surface area contributed by atoms with Crippen molar-refractivity contribution in [1.29, 1.82) is 0 Å². The van der Waals surface area contributed by atoms with Crippen LogP contribution < -0.4 is 5.32 Å². The van der Waals surface area contributed by atoms with Crippen molar-refractivity contribution in [3.63, 3.8) is 0 Å². The predicted molar refractivity (Wildman–Crippen MR) is 69.2 cm³/mol. The molecule has 1 atom stereocenters. The number of hydrogen-bond acceptors (Lipinski definition) is 4. The number of aromatic nitrogens is 4. The van der Waals surface area contributed by atoms with Gasteiger partial charge in [0.25, 0.3) is 5.91 Å². The highest BCUT2D eigenvalue weighted by Crippen LogP contribution is 2.26. The van der Waals surface area contributed by atoms with Crippen molar-refractivity contribution < 1.29 is 4.79 Å². The maximum absolute atomic E-state index is 12.0. The number of rotatable bonds is 3. The largest absolute Gasteiger partial charge is 0.342 e. The lowest BCUT2D eigenvalue weighted by Gasteiger charge is -2.11. The normalized spacial score (nSPS) is 12.2. The number of carbonyl (C=O) groups excluding carboxylic acids is 1. The van der Waals surface area contributed by atoms with Crippen molar-refractivity contribution in [3.05, 3.63) is 39.1 Å². The molecule has 94 valence electrons. The predicted octanol–water partition coefficient (Wildman–Crippen LogP) is 2.11. The lowest BCUT2D eigenvalue weighted by Crippen LogP contribution is -2.27. The monoisotopic (exact) mass is 329 g/mol. The molecule has 2 aromatic rings. The van der Waals surface area contributed by atoms with Crippen LogP contribution in [-0.4, -0.2) is 26.5 Å². The third kappa shape index (κ3) is 2.68. The van der Waals surface area contributed by atoms with E-state index in [1.165, 1.54) is 0 Å². The maximum Gasteiger partial charge on any atom is 0.253 e. The van der Waals surface area contributed by atoms with E-state index in [0.29, 0.717) is 20.9 Å². The van der Waals surface area contributed by atoms with Gasteiger partial charge in [0.1, 0.15) is 0 Å². The Balaban J connectivity index is 2.15. The van der Waals surface area contributed by atoms with Gasteiger partial charge in [-0.1, -0.05) is 22.9 Å². The van der Waals surface area contributed by atoms with E-state index < -0.39 is 0 Å². The van der Waals surface area contributed by atoms with Crippen molar-refractivity contribution in [2.24, 2.45) is 0 Å². The summed E-state index contributed by atoms with van der Waals surface area (Å²) in [7, 11) is 0. The minimum absolute atomic E-state index is 0.293. The molecule has 8 heteroatoms. The molecule has 1 unspecified atom stereocenters. The molecule has 6 nitrogen and oxygen atoms in total. The summed E-state index contributed by atoms with van der Waals surface area (Å²) in [6.07, 6.45) is 0. The summed E-state index contributed by atoms with van der Waals surface area (Å²) in [5.74, 6) is 0.119. The fraction of sp³-hybridized carbons (Fsp3) is 0.200. The summed E-state index contributed by atoms with van der Waals surface area (Å²) < 4.78 is 0.670. The summed E-state index contributed by atoms with van der Waals surface area (Å²) in [6, 6.07) is 4.79. The summed E-state index contributed by atoms with van der Waals surface area (Å²) in [5.41, 5.74) is 0.390. The van der Waals surface area contributed by atoms with Gasteiger partial charge in [-0.25, -0.2) is 0 Å². The second-order valence-electron chi connectivity index (χ2n) is 3.57. The van der Waals surface area contributed by atoms with E-state index in [2.05, 4.69) is 41.9 Å². The third-order valence-corrected chi connectivity index (χ3v) is 3.59. The van der Waals surface area contributed by atoms with Crippen molar-refractivity contribution in [1.82, 2.24) is 25.9 Å². The number of nitrogens with zero attached hydrogens (tertiary/aromatic N) is 3. The third-order valence-electron chi connectivity index (χ3n) is 2.29. The van der Waals surface area contributed by atoms with Gasteiger partial charge in [-0.15, -0.1) is 10.2 Å². The second kappa shape index (κ2) is 5.45. The zero-order chi connectivity index (χ0) is 13.1. The molecular formula is C10H9BrClN5O. The highest BCUT2D eigenvalue weighted by atomic mass is 79.9. The van der Waals surface area contributed by atoms with E-state index in [0.717, 1.165) is 0 Å². The van der Waals surface area contributed by atoms with Crippen LogP contribution in [0.4, 0.5) is 0 Å². The first kappa shape index (κ1) is 13.0. The molecule has 0 radical (unpaired) electrons. The smallest absolute Gasteiger partial charge is 0.253 e. The first-order valence-corrected chi connectivity index (χ1v) is 6.25. The lowest BCUT2D eigenvalue weighted by molar-refractivity contribution is 0.0938. The number of aromatic amines is 1. The molecule has 0 bridgehead atoms. The second-order valence-corrected chi connectivity index (χ2v) is 4.80. The molecule has 0 saturated carbocycles. The minimum Gasteiger partial charge on any atom is -0.342 e. The fourth-order valence-corrected chi connectivity index (χ4v) is 1.95. The Hall–Kier alpha value is -1.47. The summed E-state index contributed by atoms with van der Waals surface area (Å²) in [5, 5.41) is 16.5. The number of amides is 1. The fourth-order valence-electron chi connectivity index (χ4n) is 1.37. The first-order chi connectivity index (χ1) is 8.59. The Kier molecular flexibility index (Phi) is 3.93. The molecule has 18 heavy (non-hydrogen) atoms. The van der Waals surface area contributed by atoms with E-state index in [4.69, 9.17) is 11.6 Å². The Labute approximate surface area is 116 Å². The summed E-state index contributed by atoms with van der Waals surface area (Å²) >= 11 is 9.31. The highest BCUT2D eigenvalue weighted by molar-refractivity contribution is 9.10. The van der Waals surface area contributed by atoms with Crippen LogP contribution in [0.5, 0.6) is 0 Å². The van der Waals surface area contributed by atoms with Crippen LogP contribution in [-0.2, 0) is 0 Å². The zero-order valence-electron chi connectivity index (χ0n) is 9.32. The highest BCUT2D eigenvalue weighted by Gasteiger charge is 2.17. The van der Waals surface area contributed by atoms with Gasteiger partial charge in [-0.2, -0.15) is 5.21 Å². The van der Waals surface area contributed by atoms with Crippen LogP contribution in [0.1, 0.15) is 29.1 Å². The molecule has 1 aromatic carbocycles. The van der Waals surface area contributed by atoms with E-state index in [1.54, 1.807) is 25.1 Å². The quantitative estimate of drug-likeness (QED) is 0.903. The average molecular weight is 331 g/mol. The van der Waals surface area contributed by atoms with Gasteiger partial charge < -0.3 is 5.32 Å². The van der Waals surface area contributed by atoms with Crippen LogP contribution in [0.3, 0.4) is 0 Å². The molecule has 0 aliphatic carbocycles. The average Bonchev–Trinajstić information content (AvgIpc) is 2.86. The molecule has 1 amide bonds. The number of halogens is 2.